The average Bonchev–Trinajstić information content (AvgIpc) is 2.74. The SMILES string of the molecule is CN(CCO)c1nc2sc(C=O)cc2s1. The number of aldehydes is 1. The summed E-state index contributed by atoms with van der Waals surface area (Å²) in [5.74, 6) is 0. The van der Waals surface area contributed by atoms with Gasteiger partial charge in [-0.25, -0.2) is 4.98 Å². The molecule has 0 aliphatic heterocycles. The minimum atomic E-state index is 0.114. The Hall–Kier alpha value is -0.980. The number of likely N-dealkylation sites (N-methyl/N-ethyl adjacent to an activating group) is 1. The molecule has 4 nitrogen and oxygen atoms in total. The smallest absolute Gasteiger partial charge is 0.187 e. The molecule has 0 unspecified atom stereocenters. The Balaban J connectivity index is 2.31. The molecule has 0 aliphatic rings. The molecular weight excluding hydrogens is 232 g/mol. The van der Waals surface area contributed by atoms with E-state index in [2.05, 4.69) is 4.98 Å². The van der Waals surface area contributed by atoms with Gasteiger partial charge in [0.15, 0.2) is 11.4 Å². The lowest BCUT2D eigenvalue weighted by Gasteiger charge is -2.12. The molecule has 0 radical (unpaired) electrons. The van der Waals surface area contributed by atoms with E-state index in [4.69, 9.17) is 5.11 Å². The zero-order chi connectivity index (χ0) is 10.8. The van der Waals surface area contributed by atoms with Crippen LogP contribution in [0.15, 0.2) is 6.07 Å². The molecule has 0 saturated heterocycles. The number of thiazole rings is 1. The van der Waals surface area contributed by atoms with Crippen molar-refractivity contribution in [3.63, 3.8) is 0 Å². The van der Waals surface area contributed by atoms with E-state index in [1.165, 1.54) is 22.7 Å². The summed E-state index contributed by atoms with van der Waals surface area (Å²) in [6, 6.07) is 1.85. The molecule has 80 valence electrons. The van der Waals surface area contributed by atoms with E-state index in [1.54, 1.807) is 0 Å². The third-order valence-electron chi connectivity index (χ3n) is 1.98. The standard InChI is InChI=1S/C9H10N2O2S2/c1-11(2-3-12)9-10-8-7(15-9)4-6(5-13)14-8/h4-5,12H,2-3H2,1H3. The fraction of sp³-hybridized carbons (Fsp3) is 0.333. The summed E-state index contributed by atoms with van der Waals surface area (Å²) in [5.41, 5.74) is 0. The Morgan fingerprint density at radius 2 is 2.40 bits per heavy atom. The molecular formula is C9H10N2O2S2. The molecule has 0 spiro atoms. The van der Waals surface area contributed by atoms with Crippen LogP contribution in [0.4, 0.5) is 5.13 Å². The van der Waals surface area contributed by atoms with Gasteiger partial charge >= 0.3 is 0 Å². The van der Waals surface area contributed by atoms with Crippen molar-refractivity contribution in [2.75, 3.05) is 25.1 Å². The molecule has 2 rings (SSSR count). The number of thiophene rings is 1. The summed E-state index contributed by atoms with van der Waals surface area (Å²) in [6.07, 6.45) is 0.843. The zero-order valence-electron chi connectivity index (χ0n) is 8.14. The first kappa shape index (κ1) is 10.5. The largest absolute Gasteiger partial charge is 0.395 e. The third kappa shape index (κ3) is 2.01. The van der Waals surface area contributed by atoms with Gasteiger partial charge in [-0.1, -0.05) is 11.3 Å². The quantitative estimate of drug-likeness (QED) is 0.827. The highest BCUT2D eigenvalue weighted by Crippen LogP contribution is 2.33. The first-order valence-electron chi connectivity index (χ1n) is 4.42. The van der Waals surface area contributed by atoms with Gasteiger partial charge in [0.2, 0.25) is 0 Å². The summed E-state index contributed by atoms with van der Waals surface area (Å²) in [7, 11) is 1.89. The Morgan fingerprint density at radius 1 is 1.60 bits per heavy atom. The first-order chi connectivity index (χ1) is 7.24. The summed E-state index contributed by atoms with van der Waals surface area (Å²) >= 11 is 2.93. The van der Waals surface area contributed by atoms with Gasteiger partial charge in [0.05, 0.1) is 16.2 Å². The highest BCUT2D eigenvalue weighted by molar-refractivity contribution is 7.29. The van der Waals surface area contributed by atoms with Crippen molar-refractivity contribution in [1.29, 1.82) is 0 Å². The number of fused-ring (bicyclic) bond motifs is 1. The Labute approximate surface area is 94.8 Å². The van der Waals surface area contributed by atoms with Crippen molar-refractivity contribution in [2.24, 2.45) is 0 Å². The summed E-state index contributed by atoms with van der Waals surface area (Å²) in [6.45, 7) is 0.685. The lowest BCUT2D eigenvalue weighted by atomic mass is 10.5. The Kier molecular flexibility index (Phi) is 2.99. The van der Waals surface area contributed by atoms with Crippen LogP contribution in [-0.2, 0) is 0 Å². The highest BCUT2D eigenvalue weighted by Gasteiger charge is 2.10. The molecule has 0 saturated carbocycles. The van der Waals surface area contributed by atoms with E-state index < -0.39 is 0 Å². The molecule has 2 aromatic rings. The maximum atomic E-state index is 10.5. The topological polar surface area (TPSA) is 53.4 Å². The number of rotatable bonds is 4. The molecule has 2 heterocycles. The number of hydrogen-bond acceptors (Lipinski definition) is 6. The third-order valence-corrected chi connectivity index (χ3v) is 4.18. The second-order valence-electron chi connectivity index (χ2n) is 3.08. The second kappa shape index (κ2) is 4.26. The van der Waals surface area contributed by atoms with Crippen LogP contribution >= 0.6 is 22.7 Å². The van der Waals surface area contributed by atoms with Crippen molar-refractivity contribution in [3.05, 3.63) is 10.9 Å². The van der Waals surface area contributed by atoms with Gasteiger partial charge in [-0.3, -0.25) is 4.79 Å². The van der Waals surface area contributed by atoms with Gasteiger partial charge < -0.3 is 10.0 Å². The van der Waals surface area contributed by atoms with Crippen LogP contribution in [0.3, 0.4) is 0 Å². The lowest BCUT2D eigenvalue weighted by molar-refractivity contribution is 0.112. The fourth-order valence-electron chi connectivity index (χ4n) is 1.21. The van der Waals surface area contributed by atoms with Gasteiger partial charge in [-0.05, 0) is 6.07 Å². The van der Waals surface area contributed by atoms with Crippen LogP contribution in [0.5, 0.6) is 0 Å². The molecule has 0 atom stereocenters. The predicted octanol–water partition coefficient (Wildman–Crippen LogP) is 1.60. The molecule has 0 aliphatic carbocycles. The molecule has 0 amide bonds. The zero-order valence-corrected chi connectivity index (χ0v) is 9.77. The number of anilines is 1. The van der Waals surface area contributed by atoms with Gasteiger partial charge in [-0.15, -0.1) is 11.3 Å². The number of aliphatic hydroxyl groups is 1. The molecule has 15 heavy (non-hydrogen) atoms. The van der Waals surface area contributed by atoms with Crippen LogP contribution in [0.1, 0.15) is 9.67 Å². The monoisotopic (exact) mass is 242 g/mol. The van der Waals surface area contributed by atoms with Crippen LogP contribution in [0.25, 0.3) is 9.53 Å². The number of aromatic nitrogens is 1. The fourth-order valence-corrected chi connectivity index (χ4v) is 3.23. The van der Waals surface area contributed by atoms with E-state index in [0.29, 0.717) is 11.4 Å². The normalized spacial score (nSPS) is 10.8. The number of aliphatic hydroxyl groups excluding tert-OH is 1. The van der Waals surface area contributed by atoms with Gasteiger partial charge in [-0.2, -0.15) is 0 Å². The maximum Gasteiger partial charge on any atom is 0.187 e. The Morgan fingerprint density at radius 3 is 3.00 bits per heavy atom. The van der Waals surface area contributed by atoms with Crippen molar-refractivity contribution < 1.29 is 9.90 Å². The predicted molar refractivity (Wildman–Crippen MR) is 63.2 cm³/mol. The lowest BCUT2D eigenvalue weighted by Crippen LogP contribution is -2.20. The first-order valence-corrected chi connectivity index (χ1v) is 6.05. The maximum absolute atomic E-state index is 10.5. The van der Waals surface area contributed by atoms with E-state index >= 15 is 0 Å². The van der Waals surface area contributed by atoms with Gasteiger partial charge in [0.1, 0.15) is 4.83 Å². The Bertz CT molecular complexity index is 446. The van der Waals surface area contributed by atoms with Gasteiger partial charge in [0, 0.05) is 13.6 Å². The average molecular weight is 242 g/mol. The highest BCUT2D eigenvalue weighted by atomic mass is 32.1. The van der Waals surface area contributed by atoms with Crippen molar-refractivity contribution in [3.8, 4) is 0 Å². The van der Waals surface area contributed by atoms with Crippen molar-refractivity contribution >= 4 is 43.6 Å². The van der Waals surface area contributed by atoms with Crippen molar-refractivity contribution in [2.45, 2.75) is 0 Å². The van der Waals surface area contributed by atoms with Gasteiger partial charge in [0.25, 0.3) is 0 Å². The molecule has 6 heteroatoms. The minimum absolute atomic E-state index is 0.114. The number of hydrogen-bond donors (Lipinski definition) is 1. The summed E-state index contributed by atoms with van der Waals surface area (Å²) < 4.78 is 1.03. The number of carbonyl (C=O) groups is 1. The molecule has 0 fully saturated rings. The van der Waals surface area contributed by atoms with Crippen LogP contribution in [0.2, 0.25) is 0 Å². The van der Waals surface area contributed by atoms with Crippen LogP contribution in [0, 0.1) is 0 Å². The second-order valence-corrected chi connectivity index (χ2v) is 5.15. The molecule has 0 bridgehead atoms. The van der Waals surface area contributed by atoms with Crippen molar-refractivity contribution in [1.82, 2.24) is 4.98 Å². The minimum Gasteiger partial charge on any atom is -0.395 e. The van der Waals surface area contributed by atoms with E-state index in [0.717, 1.165) is 20.9 Å². The van der Waals surface area contributed by atoms with Crippen LogP contribution < -0.4 is 4.90 Å². The molecule has 0 aromatic carbocycles. The number of nitrogens with zero attached hydrogens (tertiary/aromatic N) is 2. The van der Waals surface area contributed by atoms with E-state index in [1.807, 2.05) is 18.0 Å². The summed E-state index contributed by atoms with van der Waals surface area (Å²) in [4.78, 5) is 18.4. The van der Waals surface area contributed by atoms with E-state index in [-0.39, 0.29) is 6.61 Å². The summed E-state index contributed by atoms with van der Waals surface area (Å²) in [5, 5.41) is 9.67. The van der Waals surface area contributed by atoms with Crippen LogP contribution in [-0.4, -0.2) is 36.6 Å². The van der Waals surface area contributed by atoms with E-state index in [9.17, 15) is 4.79 Å². The number of carbonyl (C=O) groups excluding carboxylic acids is 1. The molecule has 1 N–H and O–H groups in total. The molecule has 2 aromatic heterocycles.